The van der Waals surface area contributed by atoms with Gasteiger partial charge in [-0.25, -0.2) is 0 Å². The molecule has 0 aliphatic rings. The largest absolute Gasteiger partial charge is 0.457 e. The first-order chi connectivity index (χ1) is 9.84. The van der Waals surface area contributed by atoms with E-state index >= 15 is 0 Å². The highest BCUT2D eigenvalue weighted by Crippen LogP contribution is 2.32. The van der Waals surface area contributed by atoms with E-state index in [0.29, 0.717) is 11.4 Å². The van der Waals surface area contributed by atoms with Gasteiger partial charge in [-0.2, -0.15) is 13.2 Å². The molecule has 0 radical (unpaired) electrons. The molecule has 2 rings (SSSR count). The van der Waals surface area contributed by atoms with E-state index in [1.54, 1.807) is 24.3 Å². The van der Waals surface area contributed by atoms with Gasteiger partial charge in [0, 0.05) is 12.6 Å². The SMILES string of the molecule is CC(=O)Nc1ccc(Oc2cccc(C(F)(F)F)c2)cc1. The Morgan fingerprint density at radius 2 is 1.71 bits per heavy atom. The maximum absolute atomic E-state index is 12.6. The molecular formula is C15H12F3NO2. The van der Waals surface area contributed by atoms with Gasteiger partial charge in [-0.15, -0.1) is 0 Å². The lowest BCUT2D eigenvalue weighted by molar-refractivity contribution is -0.137. The van der Waals surface area contributed by atoms with E-state index in [-0.39, 0.29) is 11.7 Å². The number of benzene rings is 2. The van der Waals surface area contributed by atoms with Gasteiger partial charge in [-0.1, -0.05) is 6.07 Å². The summed E-state index contributed by atoms with van der Waals surface area (Å²) in [5, 5.41) is 2.58. The summed E-state index contributed by atoms with van der Waals surface area (Å²) in [4.78, 5) is 10.9. The number of rotatable bonds is 3. The van der Waals surface area contributed by atoms with Crippen LogP contribution in [-0.4, -0.2) is 5.91 Å². The maximum atomic E-state index is 12.6. The molecule has 0 fully saturated rings. The Morgan fingerprint density at radius 1 is 1.05 bits per heavy atom. The van der Waals surface area contributed by atoms with Crippen LogP contribution in [0.15, 0.2) is 48.5 Å². The fraction of sp³-hybridized carbons (Fsp3) is 0.133. The molecule has 0 unspecified atom stereocenters. The van der Waals surface area contributed by atoms with Crippen molar-refractivity contribution in [2.75, 3.05) is 5.32 Å². The van der Waals surface area contributed by atoms with E-state index in [1.165, 1.54) is 19.1 Å². The summed E-state index contributed by atoms with van der Waals surface area (Å²) >= 11 is 0. The third-order valence-corrected chi connectivity index (χ3v) is 2.57. The monoisotopic (exact) mass is 295 g/mol. The number of halogens is 3. The van der Waals surface area contributed by atoms with Crippen LogP contribution < -0.4 is 10.1 Å². The fourth-order valence-electron chi connectivity index (χ4n) is 1.68. The van der Waals surface area contributed by atoms with Crippen LogP contribution in [0.3, 0.4) is 0 Å². The lowest BCUT2D eigenvalue weighted by atomic mass is 10.2. The third-order valence-electron chi connectivity index (χ3n) is 2.57. The van der Waals surface area contributed by atoms with Gasteiger partial charge >= 0.3 is 6.18 Å². The van der Waals surface area contributed by atoms with E-state index in [1.807, 2.05) is 0 Å². The minimum atomic E-state index is -4.41. The predicted molar refractivity (Wildman–Crippen MR) is 72.3 cm³/mol. The highest BCUT2D eigenvalue weighted by molar-refractivity contribution is 5.88. The quantitative estimate of drug-likeness (QED) is 0.908. The van der Waals surface area contributed by atoms with Gasteiger partial charge in [0.25, 0.3) is 0 Å². The third kappa shape index (κ3) is 4.24. The van der Waals surface area contributed by atoms with Crippen molar-refractivity contribution in [3.8, 4) is 11.5 Å². The van der Waals surface area contributed by atoms with Crippen LogP contribution in [0, 0.1) is 0 Å². The average molecular weight is 295 g/mol. The zero-order chi connectivity index (χ0) is 15.5. The first kappa shape index (κ1) is 14.9. The lowest BCUT2D eigenvalue weighted by Crippen LogP contribution is -2.05. The van der Waals surface area contributed by atoms with Crippen molar-refractivity contribution in [3.63, 3.8) is 0 Å². The lowest BCUT2D eigenvalue weighted by Gasteiger charge is -2.10. The number of hydrogen-bond donors (Lipinski definition) is 1. The fourth-order valence-corrected chi connectivity index (χ4v) is 1.68. The van der Waals surface area contributed by atoms with Gasteiger partial charge in [0.2, 0.25) is 5.91 Å². The van der Waals surface area contributed by atoms with Gasteiger partial charge in [-0.05, 0) is 42.5 Å². The van der Waals surface area contributed by atoms with Crippen molar-refractivity contribution in [3.05, 3.63) is 54.1 Å². The number of alkyl halides is 3. The Hall–Kier alpha value is -2.50. The summed E-state index contributed by atoms with van der Waals surface area (Å²) in [5.41, 5.74) is -0.186. The number of hydrogen-bond acceptors (Lipinski definition) is 2. The molecule has 1 amide bonds. The molecule has 0 aromatic heterocycles. The van der Waals surface area contributed by atoms with Crippen LogP contribution in [-0.2, 0) is 11.0 Å². The molecule has 0 spiro atoms. The molecule has 21 heavy (non-hydrogen) atoms. The van der Waals surface area contributed by atoms with Gasteiger partial charge in [-0.3, -0.25) is 4.79 Å². The number of anilines is 1. The molecule has 0 bridgehead atoms. The van der Waals surface area contributed by atoms with Gasteiger partial charge in [0.05, 0.1) is 5.56 Å². The molecule has 2 aromatic rings. The highest BCUT2D eigenvalue weighted by Gasteiger charge is 2.30. The van der Waals surface area contributed by atoms with Crippen molar-refractivity contribution in [2.45, 2.75) is 13.1 Å². The zero-order valence-corrected chi connectivity index (χ0v) is 11.1. The summed E-state index contributed by atoms with van der Waals surface area (Å²) in [5.74, 6) is 0.266. The van der Waals surface area contributed by atoms with Crippen LogP contribution in [0.5, 0.6) is 11.5 Å². The molecular weight excluding hydrogens is 283 g/mol. The Morgan fingerprint density at radius 3 is 2.29 bits per heavy atom. The van der Waals surface area contributed by atoms with E-state index in [9.17, 15) is 18.0 Å². The molecule has 0 saturated carbocycles. The summed E-state index contributed by atoms with van der Waals surface area (Å²) in [6.07, 6.45) is -4.41. The van der Waals surface area contributed by atoms with Crippen LogP contribution in [0.2, 0.25) is 0 Å². The molecule has 110 valence electrons. The topological polar surface area (TPSA) is 38.3 Å². The minimum absolute atomic E-state index is 0.0945. The number of amides is 1. The summed E-state index contributed by atoms with van der Waals surface area (Å²) in [6, 6.07) is 11.0. The predicted octanol–water partition coefficient (Wildman–Crippen LogP) is 4.46. The van der Waals surface area contributed by atoms with E-state index < -0.39 is 11.7 Å². The normalized spacial score (nSPS) is 11.0. The summed E-state index contributed by atoms with van der Waals surface area (Å²) in [7, 11) is 0. The number of nitrogens with one attached hydrogen (secondary N) is 1. The molecule has 0 aliphatic heterocycles. The molecule has 0 atom stereocenters. The second-order valence-corrected chi connectivity index (χ2v) is 4.33. The van der Waals surface area contributed by atoms with Crippen molar-refractivity contribution < 1.29 is 22.7 Å². The van der Waals surface area contributed by atoms with Crippen LogP contribution in [0.1, 0.15) is 12.5 Å². The van der Waals surface area contributed by atoms with Gasteiger partial charge < -0.3 is 10.1 Å². The highest BCUT2D eigenvalue weighted by atomic mass is 19.4. The molecule has 0 heterocycles. The minimum Gasteiger partial charge on any atom is -0.457 e. The Labute approximate surface area is 119 Å². The molecule has 1 N–H and O–H groups in total. The molecule has 0 saturated heterocycles. The summed E-state index contributed by atoms with van der Waals surface area (Å²) < 4.78 is 43.1. The first-order valence-corrected chi connectivity index (χ1v) is 6.07. The Balaban J connectivity index is 2.13. The van der Waals surface area contributed by atoms with Crippen molar-refractivity contribution in [1.82, 2.24) is 0 Å². The van der Waals surface area contributed by atoms with Crippen molar-refractivity contribution >= 4 is 11.6 Å². The van der Waals surface area contributed by atoms with E-state index in [0.717, 1.165) is 12.1 Å². The van der Waals surface area contributed by atoms with Crippen LogP contribution in [0.4, 0.5) is 18.9 Å². The number of carbonyl (C=O) groups is 1. The maximum Gasteiger partial charge on any atom is 0.416 e. The van der Waals surface area contributed by atoms with E-state index in [4.69, 9.17) is 4.74 Å². The van der Waals surface area contributed by atoms with Crippen LogP contribution in [0.25, 0.3) is 0 Å². The Kier molecular flexibility index (Phi) is 4.16. The second-order valence-electron chi connectivity index (χ2n) is 4.33. The van der Waals surface area contributed by atoms with Gasteiger partial charge in [0.15, 0.2) is 0 Å². The standard InChI is InChI=1S/C15H12F3NO2/c1-10(20)19-12-5-7-13(8-6-12)21-14-4-2-3-11(9-14)15(16,17)18/h2-9H,1H3,(H,19,20). The van der Waals surface area contributed by atoms with E-state index in [2.05, 4.69) is 5.32 Å². The smallest absolute Gasteiger partial charge is 0.416 e. The Bertz CT molecular complexity index is 636. The van der Waals surface area contributed by atoms with Gasteiger partial charge in [0.1, 0.15) is 11.5 Å². The van der Waals surface area contributed by atoms with Crippen LogP contribution >= 0.6 is 0 Å². The molecule has 3 nitrogen and oxygen atoms in total. The van der Waals surface area contributed by atoms with Crippen molar-refractivity contribution in [2.24, 2.45) is 0 Å². The molecule has 0 aliphatic carbocycles. The van der Waals surface area contributed by atoms with Crippen molar-refractivity contribution in [1.29, 1.82) is 0 Å². The number of ether oxygens (including phenoxy) is 1. The average Bonchev–Trinajstić information content (AvgIpc) is 2.40. The summed E-state index contributed by atoms with van der Waals surface area (Å²) in [6.45, 7) is 1.38. The zero-order valence-electron chi connectivity index (χ0n) is 11.1. The number of carbonyl (C=O) groups excluding carboxylic acids is 1. The second kappa shape index (κ2) is 5.87. The molecule has 2 aromatic carbocycles. The molecule has 6 heteroatoms. The first-order valence-electron chi connectivity index (χ1n) is 6.07.